The smallest absolute Gasteiger partial charge is 0.271 e. The van der Waals surface area contributed by atoms with Crippen molar-refractivity contribution in [3.63, 3.8) is 0 Å². The van der Waals surface area contributed by atoms with Crippen LogP contribution in [0.4, 0.5) is 5.69 Å². The Morgan fingerprint density at radius 3 is 2.45 bits per heavy atom. The molecule has 1 N–H and O–H groups in total. The number of hydrazone groups is 1. The van der Waals surface area contributed by atoms with Gasteiger partial charge in [0.25, 0.3) is 5.91 Å². The van der Waals surface area contributed by atoms with Crippen LogP contribution in [0.25, 0.3) is 0 Å². The van der Waals surface area contributed by atoms with Crippen molar-refractivity contribution in [1.82, 2.24) is 10.3 Å². The van der Waals surface area contributed by atoms with E-state index in [-0.39, 0.29) is 29.0 Å². The van der Waals surface area contributed by atoms with Gasteiger partial charge in [0, 0.05) is 19.4 Å². The lowest BCUT2D eigenvalue weighted by atomic mass is 10.0. The van der Waals surface area contributed by atoms with Crippen molar-refractivity contribution in [3.8, 4) is 5.75 Å². The molecule has 4 rings (SSSR count). The fourth-order valence-corrected chi connectivity index (χ4v) is 5.33. The van der Waals surface area contributed by atoms with Gasteiger partial charge in [-0.1, -0.05) is 29.8 Å². The van der Waals surface area contributed by atoms with Gasteiger partial charge in [0.2, 0.25) is 16.7 Å². The van der Waals surface area contributed by atoms with Crippen LogP contribution in [-0.2, 0) is 25.8 Å². The lowest BCUT2D eigenvalue weighted by molar-refractivity contribution is -0.139. The number of rotatable bonds is 4. The van der Waals surface area contributed by atoms with Gasteiger partial charge in [-0.3, -0.25) is 14.4 Å². The van der Waals surface area contributed by atoms with Crippen LogP contribution in [0.2, 0.25) is 0 Å². The summed E-state index contributed by atoms with van der Waals surface area (Å²) in [5.41, 5.74) is 3.26. The Morgan fingerprint density at radius 1 is 1.15 bits per heavy atom. The first-order valence-corrected chi connectivity index (χ1v) is 11.5. The SMILES string of the molecule is CC(=O)NC1=NN(C(C)=O)[C@]2(S1)C(=O)N(Cc1ccc(OC(C)C)cc1)c1ccc(C)cc12. The lowest BCUT2D eigenvalue weighted by Crippen LogP contribution is -2.48. The number of anilines is 1. The molecule has 2 aliphatic heterocycles. The van der Waals surface area contributed by atoms with Crippen molar-refractivity contribution in [3.05, 3.63) is 59.2 Å². The number of hydrogen-bond donors (Lipinski definition) is 1. The standard InChI is InChI=1S/C24H26N4O4S/c1-14(2)32-19-9-7-18(8-10-19)13-27-21-11-6-15(3)12-20(21)24(22(27)31)28(17(5)30)26-23(33-24)25-16(4)29/h6-12,14H,13H2,1-5H3,(H,25,26,29)/t24-/m1/s1. The molecular formula is C24H26N4O4S. The third-order valence-electron chi connectivity index (χ3n) is 5.29. The van der Waals surface area contributed by atoms with E-state index in [4.69, 9.17) is 4.74 Å². The number of amides is 3. The summed E-state index contributed by atoms with van der Waals surface area (Å²) in [6.45, 7) is 8.91. The Labute approximate surface area is 197 Å². The van der Waals surface area contributed by atoms with E-state index in [1.165, 1.54) is 18.9 Å². The molecule has 0 saturated heterocycles. The zero-order valence-electron chi connectivity index (χ0n) is 19.2. The van der Waals surface area contributed by atoms with Crippen LogP contribution in [0.3, 0.4) is 0 Å². The third kappa shape index (κ3) is 4.08. The zero-order valence-corrected chi connectivity index (χ0v) is 20.0. The Morgan fingerprint density at radius 2 is 1.85 bits per heavy atom. The number of amidine groups is 1. The zero-order chi connectivity index (χ0) is 23.9. The Balaban J connectivity index is 1.73. The summed E-state index contributed by atoms with van der Waals surface area (Å²) in [6, 6.07) is 13.3. The molecule has 1 atom stereocenters. The number of nitrogens with one attached hydrogen (secondary N) is 1. The maximum atomic E-state index is 14.0. The molecule has 0 saturated carbocycles. The number of carbonyl (C=O) groups is 3. The van der Waals surface area contributed by atoms with E-state index in [0.29, 0.717) is 17.8 Å². The van der Waals surface area contributed by atoms with Gasteiger partial charge in [-0.25, -0.2) is 0 Å². The molecule has 0 unspecified atom stereocenters. The van der Waals surface area contributed by atoms with Crippen LogP contribution in [-0.4, -0.2) is 34.0 Å². The summed E-state index contributed by atoms with van der Waals surface area (Å²) in [5, 5.41) is 8.32. The van der Waals surface area contributed by atoms with E-state index >= 15 is 0 Å². The molecule has 0 radical (unpaired) electrons. The number of carbonyl (C=O) groups excluding carboxylic acids is 3. The predicted octanol–water partition coefficient (Wildman–Crippen LogP) is 3.48. The molecule has 0 bridgehead atoms. The van der Waals surface area contributed by atoms with Gasteiger partial charge in [0.15, 0.2) is 5.17 Å². The number of benzene rings is 2. The second kappa shape index (κ2) is 8.55. The normalized spacial score (nSPS) is 19.2. The van der Waals surface area contributed by atoms with E-state index in [1.807, 2.05) is 63.2 Å². The monoisotopic (exact) mass is 466 g/mol. The predicted molar refractivity (Wildman–Crippen MR) is 128 cm³/mol. The average Bonchev–Trinajstić information content (AvgIpc) is 3.21. The van der Waals surface area contributed by atoms with Crippen molar-refractivity contribution in [2.45, 2.75) is 52.1 Å². The first kappa shape index (κ1) is 22.8. The average molecular weight is 467 g/mol. The summed E-state index contributed by atoms with van der Waals surface area (Å²) < 4.78 is 5.71. The molecule has 9 heteroatoms. The van der Waals surface area contributed by atoms with Crippen molar-refractivity contribution in [2.24, 2.45) is 5.10 Å². The number of ether oxygens (including phenoxy) is 1. The summed E-state index contributed by atoms with van der Waals surface area (Å²) in [5.74, 6) is -0.232. The van der Waals surface area contributed by atoms with Crippen LogP contribution in [0.1, 0.15) is 44.4 Å². The number of thioether (sulfide) groups is 1. The van der Waals surface area contributed by atoms with Crippen LogP contribution in [0, 0.1) is 6.92 Å². The first-order valence-electron chi connectivity index (χ1n) is 10.7. The van der Waals surface area contributed by atoms with Crippen molar-refractivity contribution in [2.75, 3.05) is 4.90 Å². The number of fused-ring (bicyclic) bond motifs is 2. The molecule has 2 aromatic carbocycles. The second-order valence-corrected chi connectivity index (χ2v) is 9.57. The summed E-state index contributed by atoms with van der Waals surface area (Å²) in [7, 11) is 0. The second-order valence-electron chi connectivity index (χ2n) is 8.39. The highest BCUT2D eigenvalue weighted by Crippen LogP contribution is 2.54. The van der Waals surface area contributed by atoms with Gasteiger partial charge in [-0.05, 0) is 56.3 Å². The first-order chi connectivity index (χ1) is 15.6. The van der Waals surface area contributed by atoms with E-state index in [1.54, 1.807) is 4.90 Å². The lowest BCUT2D eigenvalue weighted by Gasteiger charge is -2.29. The van der Waals surface area contributed by atoms with Crippen LogP contribution in [0.15, 0.2) is 47.6 Å². The van der Waals surface area contributed by atoms with E-state index in [0.717, 1.165) is 28.6 Å². The quantitative estimate of drug-likeness (QED) is 0.745. The molecule has 3 amide bonds. The topological polar surface area (TPSA) is 91.3 Å². The molecule has 1 spiro atoms. The van der Waals surface area contributed by atoms with E-state index in [9.17, 15) is 14.4 Å². The van der Waals surface area contributed by atoms with Gasteiger partial charge >= 0.3 is 0 Å². The molecule has 8 nitrogen and oxygen atoms in total. The number of hydrogen-bond acceptors (Lipinski definition) is 6. The van der Waals surface area contributed by atoms with E-state index in [2.05, 4.69) is 10.4 Å². The summed E-state index contributed by atoms with van der Waals surface area (Å²) in [4.78, 5) is 38.5. The minimum atomic E-state index is -1.40. The Bertz CT molecular complexity index is 1160. The van der Waals surface area contributed by atoms with Gasteiger partial charge in [0.1, 0.15) is 5.75 Å². The van der Waals surface area contributed by atoms with Gasteiger partial charge in [-0.15, -0.1) is 5.10 Å². The van der Waals surface area contributed by atoms with Crippen LogP contribution >= 0.6 is 11.8 Å². The number of nitrogens with zero attached hydrogens (tertiary/aromatic N) is 3. The maximum absolute atomic E-state index is 14.0. The highest BCUT2D eigenvalue weighted by atomic mass is 32.2. The maximum Gasteiger partial charge on any atom is 0.271 e. The summed E-state index contributed by atoms with van der Waals surface area (Å²) >= 11 is 1.08. The Kier molecular flexibility index (Phi) is 5.92. The van der Waals surface area contributed by atoms with E-state index < -0.39 is 4.87 Å². The molecule has 0 aliphatic carbocycles. The van der Waals surface area contributed by atoms with Crippen molar-refractivity contribution < 1.29 is 19.1 Å². The molecule has 2 heterocycles. The van der Waals surface area contributed by atoms with Gasteiger partial charge in [0.05, 0.1) is 18.3 Å². The molecule has 0 aromatic heterocycles. The molecular weight excluding hydrogens is 440 g/mol. The highest BCUT2D eigenvalue weighted by Gasteiger charge is 2.61. The molecule has 2 aromatic rings. The van der Waals surface area contributed by atoms with Crippen LogP contribution in [0.5, 0.6) is 5.75 Å². The van der Waals surface area contributed by atoms with Gasteiger partial charge in [-0.2, -0.15) is 5.01 Å². The third-order valence-corrected chi connectivity index (χ3v) is 6.53. The summed E-state index contributed by atoms with van der Waals surface area (Å²) in [6.07, 6.45) is 0.0701. The van der Waals surface area contributed by atoms with Crippen molar-refractivity contribution in [1.29, 1.82) is 0 Å². The molecule has 172 valence electrons. The van der Waals surface area contributed by atoms with Gasteiger partial charge < -0.3 is 15.0 Å². The van der Waals surface area contributed by atoms with Crippen LogP contribution < -0.4 is 15.0 Å². The molecule has 33 heavy (non-hydrogen) atoms. The highest BCUT2D eigenvalue weighted by molar-refractivity contribution is 8.15. The number of aryl methyl sites for hydroxylation is 1. The minimum absolute atomic E-state index is 0.0701. The fourth-order valence-electron chi connectivity index (χ4n) is 4.01. The Hall–Kier alpha value is -3.33. The molecule has 0 fully saturated rings. The largest absolute Gasteiger partial charge is 0.491 e. The van der Waals surface area contributed by atoms with Crippen molar-refractivity contribution >= 4 is 40.3 Å². The minimum Gasteiger partial charge on any atom is -0.491 e. The fraction of sp³-hybridized carbons (Fsp3) is 0.333. The molecule has 2 aliphatic rings.